The van der Waals surface area contributed by atoms with Crippen LogP contribution in [-0.4, -0.2) is 65.2 Å². The minimum atomic E-state index is -1.83. The van der Waals surface area contributed by atoms with Crippen molar-refractivity contribution in [2.75, 3.05) is 0 Å². The normalized spacial score (nSPS) is 4.00. The molecule has 0 aromatic carbocycles. The summed E-state index contributed by atoms with van der Waals surface area (Å²) < 4.78 is 0. The van der Waals surface area contributed by atoms with Gasteiger partial charge in [-0.25, -0.2) is 4.79 Å². The second-order valence-electron chi connectivity index (χ2n) is 0.283. The molecule has 0 aromatic rings. The van der Waals surface area contributed by atoms with Gasteiger partial charge in [-0.3, -0.25) is 0 Å². The Hall–Kier alpha value is 2.18. The maximum Gasteiger partial charge on any atom is 2.00 e. The molecule has 0 saturated carbocycles. The van der Waals surface area contributed by atoms with Crippen LogP contribution in [0.5, 0.6) is 0 Å². The zero-order valence-corrected chi connectivity index (χ0v) is 9.98. The Morgan fingerprint density at radius 1 is 1.50 bits per heavy atom. The molecule has 0 aliphatic carbocycles. The van der Waals surface area contributed by atoms with Crippen LogP contribution in [0, 0.1) is 40.4 Å². The molecule has 5 heteroatoms. The van der Waals surface area contributed by atoms with E-state index in [1.165, 1.54) is 0 Å². The molecule has 0 fully saturated rings. The predicted octanol–water partition coefficient (Wildman–Crippen LogP) is 0.0666. The van der Waals surface area contributed by atoms with E-state index < -0.39 is 6.16 Å². The molecule has 0 unspecified atom stereocenters. The van der Waals surface area contributed by atoms with E-state index in [0.717, 1.165) is 0 Å². The minimum Gasteiger partial charge on any atom is -1.00 e. The van der Waals surface area contributed by atoms with Gasteiger partial charge in [-0.15, -0.1) is 0 Å². The predicted molar refractivity (Wildman–Crippen MR) is 18.6 cm³/mol. The molecule has 0 aromatic heterocycles. The second kappa shape index (κ2) is 10.2. The van der Waals surface area contributed by atoms with Gasteiger partial charge in [0.15, 0.2) is 0 Å². The third-order valence-electron chi connectivity index (χ3n) is 0. The molecule has 2 N–H and O–H groups in total. The molecule has 0 aliphatic rings. The van der Waals surface area contributed by atoms with E-state index >= 15 is 0 Å². The first-order valence-corrected chi connectivity index (χ1v) is 0.651. The van der Waals surface area contributed by atoms with Gasteiger partial charge >= 0.3 is 55.0 Å². The molecule has 0 heterocycles. The van der Waals surface area contributed by atoms with E-state index in [1.807, 2.05) is 0 Å². The van der Waals surface area contributed by atoms with Gasteiger partial charge in [0.2, 0.25) is 0 Å². The SMILES string of the molecule is O=C(O)O.[Ba+2].[H-].[H-].[Sm]. The van der Waals surface area contributed by atoms with Gasteiger partial charge in [-0.2, -0.15) is 0 Å². The Morgan fingerprint density at radius 3 is 1.50 bits per heavy atom. The average molecular weight is 352 g/mol. The second-order valence-corrected chi connectivity index (χ2v) is 0.283. The monoisotopic (exact) mass is 354 g/mol. The molecular formula is CH4BaO3Sm. The molecule has 0 amide bonds. The summed E-state index contributed by atoms with van der Waals surface area (Å²) in [6, 6.07) is 0. The molecule has 34 valence electrons. The Balaban J connectivity index is -0.00000000750. The Kier molecular flexibility index (Phi) is 26.8. The maximum absolute atomic E-state index is 8.56. The van der Waals surface area contributed by atoms with E-state index in [4.69, 9.17) is 15.0 Å². The number of hydrogen-bond donors (Lipinski definition) is 2. The van der Waals surface area contributed by atoms with Crippen molar-refractivity contribution in [3.05, 3.63) is 0 Å². The van der Waals surface area contributed by atoms with Crippen LogP contribution in [0.15, 0.2) is 0 Å². The molecule has 6 heavy (non-hydrogen) atoms. The Morgan fingerprint density at radius 2 is 1.50 bits per heavy atom. The van der Waals surface area contributed by atoms with Crippen molar-refractivity contribution in [2.45, 2.75) is 0 Å². The first-order chi connectivity index (χ1) is 1.73. The number of carbonyl (C=O) groups is 1. The fourth-order valence-corrected chi connectivity index (χ4v) is 0. The van der Waals surface area contributed by atoms with Crippen molar-refractivity contribution in [1.82, 2.24) is 0 Å². The fourth-order valence-electron chi connectivity index (χ4n) is 0. The molecule has 0 radical (unpaired) electrons. The third kappa shape index (κ3) is 34.9. The van der Waals surface area contributed by atoms with Crippen LogP contribution in [0.4, 0.5) is 4.79 Å². The molecule has 0 rings (SSSR count). The standard InChI is InChI=1S/CH2O3.Ba.Sm.2H/c2-1(3)4;;;;/h(H2,2,3,4);;;;/q;+2;;2*-1. The Labute approximate surface area is 111 Å². The van der Waals surface area contributed by atoms with E-state index in [9.17, 15) is 0 Å². The number of carboxylic acid groups (broad SMARTS) is 2. The quantitative estimate of drug-likeness (QED) is 0.607. The van der Waals surface area contributed by atoms with Crippen molar-refractivity contribution >= 4 is 55.0 Å². The molecule has 0 spiro atoms. The summed E-state index contributed by atoms with van der Waals surface area (Å²) in [4.78, 5) is 8.56. The van der Waals surface area contributed by atoms with Crippen molar-refractivity contribution in [3.63, 3.8) is 0 Å². The number of hydrogen-bond acceptors (Lipinski definition) is 1. The summed E-state index contributed by atoms with van der Waals surface area (Å²) in [6.45, 7) is 0. The summed E-state index contributed by atoms with van der Waals surface area (Å²) >= 11 is 0. The summed E-state index contributed by atoms with van der Waals surface area (Å²) in [5, 5.41) is 13.9. The van der Waals surface area contributed by atoms with Crippen molar-refractivity contribution in [3.8, 4) is 0 Å². The molecule has 3 nitrogen and oxygen atoms in total. The van der Waals surface area contributed by atoms with E-state index in [-0.39, 0.29) is 92.1 Å². The third-order valence-corrected chi connectivity index (χ3v) is 0. The van der Waals surface area contributed by atoms with Crippen LogP contribution < -0.4 is 0 Å². The van der Waals surface area contributed by atoms with Crippen LogP contribution in [0.1, 0.15) is 2.85 Å². The van der Waals surface area contributed by atoms with Crippen LogP contribution in [0.3, 0.4) is 0 Å². The van der Waals surface area contributed by atoms with Crippen LogP contribution >= 0.6 is 0 Å². The molecule has 0 aliphatic heterocycles. The van der Waals surface area contributed by atoms with Gasteiger partial charge in [0, 0.05) is 40.4 Å². The fraction of sp³-hybridized carbons (Fsp3) is 0. The van der Waals surface area contributed by atoms with Gasteiger partial charge in [0.1, 0.15) is 0 Å². The van der Waals surface area contributed by atoms with Gasteiger partial charge in [0.25, 0.3) is 0 Å². The number of rotatable bonds is 0. The minimum absolute atomic E-state index is 0. The van der Waals surface area contributed by atoms with E-state index in [1.54, 1.807) is 0 Å². The van der Waals surface area contributed by atoms with Crippen molar-refractivity contribution < 1.29 is 58.2 Å². The van der Waals surface area contributed by atoms with E-state index in [0.29, 0.717) is 0 Å². The van der Waals surface area contributed by atoms with Gasteiger partial charge in [-0.1, -0.05) is 0 Å². The zero-order chi connectivity index (χ0) is 3.58. The van der Waals surface area contributed by atoms with Crippen molar-refractivity contribution in [1.29, 1.82) is 0 Å². The van der Waals surface area contributed by atoms with E-state index in [2.05, 4.69) is 0 Å². The van der Waals surface area contributed by atoms with Gasteiger partial charge in [0.05, 0.1) is 0 Å². The summed E-state index contributed by atoms with van der Waals surface area (Å²) in [6.07, 6.45) is -1.83. The van der Waals surface area contributed by atoms with Gasteiger partial charge < -0.3 is 13.1 Å². The van der Waals surface area contributed by atoms with Crippen LogP contribution in [0.2, 0.25) is 0 Å². The van der Waals surface area contributed by atoms with Crippen LogP contribution in [0.25, 0.3) is 0 Å². The molecule has 0 bridgehead atoms. The maximum atomic E-state index is 8.56. The first kappa shape index (κ1) is 15.7. The summed E-state index contributed by atoms with van der Waals surface area (Å²) in [5.41, 5.74) is 0. The molecule has 0 saturated heterocycles. The zero-order valence-electron chi connectivity index (χ0n) is 4.92. The summed E-state index contributed by atoms with van der Waals surface area (Å²) in [5.74, 6) is 0. The summed E-state index contributed by atoms with van der Waals surface area (Å²) in [7, 11) is 0. The average Bonchev–Trinajstić information content (AvgIpc) is 0.811. The topological polar surface area (TPSA) is 57.5 Å². The molecular weight excluding hydrogens is 348 g/mol. The molecule has 0 atom stereocenters. The Bertz CT molecular complexity index is 40.3. The smallest absolute Gasteiger partial charge is 1.00 e. The van der Waals surface area contributed by atoms with Crippen molar-refractivity contribution in [2.24, 2.45) is 0 Å². The van der Waals surface area contributed by atoms with Crippen LogP contribution in [-0.2, 0) is 0 Å². The largest absolute Gasteiger partial charge is 2.00 e. The first-order valence-electron chi connectivity index (χ1n) is 0.651. The van der Waals surface area contributed by atoms with Gasteiger partial charge in [-0.05, 0) is 0 Å².